The maximum absolute atomic E-state index is 12.1. The van der Waals surface area contributed by atoms with E-state index in [2.05, 4.69) is 0 Å². The number of hydrogen-bond acceptors (Lipinski definition) is 2. The van der Waals surface area contributed by atoms with Gasteiger partial charge in [-0.1, -0.05) is 50.2 Å². The predicted molar refractivity (Wildman–Crippen MR) is 71.1 cm³/mol. The summed E-state index contributed by atoms with van der Waals surface area (Å²) in [5.74, 6) is 0.180. The molecule has 0 bridgehead atoms. The second kappa shape index (κ2) is 4.68. The van der Waals surface area contributed by atoms with Crippen molar-refractivity contribution in [1.29, 1.82) is 0 Å². The zero-order valence-corrected chi connectivity index (χ0v) is 10.2. The van der Waals surface area contributed by atoms with Crippen molar-refractivity contribution in [1.82, 2.24) is 0 Å². The Morgan fingerprint density at radius 3 is 2.35 bits per heavy atom. The van der Waals surface area contributed by atoms with Crippen LogP contribution in [0.25, 0.3) is 10.8 Å². The van der Waals surface area contributed by atoms with Crippen LogP contribution in [0, 0.1) is 5.92 Å². The first-order valence-corrected chi connectivity index (χ1v) is 5.88. The van der Waals surface area contributed by atoms with Gasteiger partial charge in [0, 0.05) is 5.56 Å². The van der Waals surface area contributed by atoms with Gasteiger partial charge in [-0.15, -0.1) is 0 Å². The second-order valence-corrected chi connectivity index (χ2v) is 4.70. The molecular formula is C15H17NO. The van der Waals surface area contributed by atoms with E-state index in [1.54, 1.807) is 0 Å². The van der Waals surface area contributed by atoms with E-state index in [0.717, 1.165) is 10.8 Å². The van der Waals surface area contributed by atoms with Crippen molar-refractivity contribution in [3.8, 4) is 0 Å². The molecule has 17 heavy (non-hydrogen) atoms. The summed E-state index contributed by atoms with van der Waals surface area (Å²) in [6.07, 6.45) is 0. The molecule has 0 spiro atoms. The molecule has 0 fully saturated rings. The van der Waals surface area contributed by atoms with E-state index in [1.807, 2.05) is 56.3 Å². The SMILES string of the molecule is CC(C)C(N)C(=O)c1ccc2ccccc2c1. The van der Waals surface area contributed by atoms with Crippen molar-refractivity contribution in [2.75, 3.05) is 0 Å². The van der Waals surface area contributed by atoms with Crippen molar-refractivity contribution in [3.05, 3.63) is 48.0 Å². The highest BCUT2D eigenvalue weighted by Gasteiger charge is 2.18. The highest BCUT2D eigenvalue weighted by Crippen LogP contribution is 2.17. The molecule has 0 saturated carbocycles. The largest absolute Gasteiger partial charge is 0.321 e. The lowest BCUT2D eigenvalue weighted by molar-refractivity contribution is 0.0940. The van der Waals surface area contributed by atoms with Crippen LogP contribution in [0.1, 0.15) is 24.2 Å². The Balaban J connectivity index is 2.40. The van der Waals surface area contributed by atoms with Crippen LogP contribution in [-0.4, -0.2) is 11.8 Å². The Labute approximate surface area is 101 Å². The average molecular weight is 227 g/mol. The monoisotopic (exact) mass is 227 g/mol. The lowest BCUT2D eigenvalue weighted by atomic mass is 9.94. The van der Waals surface area contributed by atoms with Crippen molar-refractivity contribution < 1.29 is 4.79 Å². The smallest absolute Gasteiger partial charge is 0.179 e. The Morgan fingerprint density at radius 1 is 1.06 bits per heavy atom. The van der Waals surface area contributed by atoms with E-state index in [1.165, 1.54) is 0 Å². The summed E-state index contributed by atoms with van der Waals surface area (Å²) >= 11 is 0. The number of Topliss-reactive ketones (excluding diaryl/α,β-unsaturated/α-hetero) is 1. The van der Waals surface area contributed by atoms with Crippen molar-refractivity contribution in [2.24, 2.45) is 11.7 Å². The average Bonchev–Trinajstić information content (AvgIpc) is 2.36. The number of fused-ring (bicyclic) bond motifs is 1. The van der Waals surface area contributed by atoms with Crippen LogP contribution in [0.4, 0.5) is 0 Å². The first-order valence-electron chi connectivity index (χ1n) is 5.88. The molecule has 0 saturated heterocycles. The molecule has 2 aromatic rings. The summed E-state index contributed by atoms with van der Waals surface area (Å²) in [6.45, 7) is 3.92. The maximum atomic E-state index is 12.1. The molecule has 0 aliphatic heterocycles. The van der Waals surface area contributed by atoms with Gasteiger partial charge in [0.15, 0.2) is 5.78 Å². The van der Waals surface area contributed by atoms with E-state index < -0.39 is 6.04 Å². The van der Waals surface area contributed by atoms with Crippen LogP contribution in [0.3, 0.4) is 0 Å². The van der Waals surface area contributed by atoms with Gasteiger partial charge in [0.25, 0.3) is 0 Å². The molecule has 0 aromatic heterocycles. The van der Waals surface area contributed by atoms with Gasteiger partial charge in [-0.3, -0.25) is 4.79 Å². The van der Waals surface area contributed by atoms with E-state index in [0.29, 0.717) is 5.56 Å². The van der Waals surface area contributed by atoms with Gasteiger partial charge in [0.05, 0.1) is 6.04 Å². The molecule has 88 valence electrons. The minimum Gasteiger partial charge on any atom is -0.321 e. The summed E-state index contributed by atoms with van der Waals surface area (Å²) < 4.78 is 0. The number of carbonyl (C=O) groups excluding carboxylic acids is 1. The Hall–Kier alpha value is -1.67. The lowest BCUT2D eigenvalue weighted by Crippen LogP contribution is -2.35. The van der Waals surface area contributed by atoms with Crippen LogP contribution in [-0.2, 0) is 0 Å². The van der Waals surface area contributed by atoms with Gasteiger partial charge in [-0.05, 0) is 22.8 Å². The fraction of sp³-hybridized carbons (Fsp3) is 0.267. The Kier molecular flexibility index (Phi) is 3.25. The molecule has 0 aliphatic rings. The molecule has 2 aromatic carbocycles. The molecule has 1 atom stereocenters. The minimum absolute atomic E-state index is 0.0192. The summed E-state index contributed by atoms with van der Waals surface area (Å²) in [4.78, 5) is 12.1. The Morgan fingerprint density at radius 2 is 1.71 bits per heavy atom. The lowest BCUT2D eigenvalue weighted by Gasteiger charge is -2.14. The summed E-state index contributed by atoms with van der Waals surface area (Å²) in [5, 5.41) is 2.22. The zero-order chi connectivity index (χ0) is 12.4. The number of rotatable bonds is 3. The maximum Gasteiger partial charge on any atom is 0.179 e. The zero-order valence-electron chi connectivity index (χ0n) is 10.2. The molecule has 0 aliphatic carbocycles. The van der Waals surface area contributed by atoms with Crippen LogP contribution in [0.2, 0.25) is 0 Å². The van der Waals surface area contributed by atoms with E-state index in [4.69, 9.17) is 5.73 Å². The topological polar surface area (TPSA) is 43.1 Å². The first kappa shape index (κ1) is 11.8. The number of benzene rings is 2. The molecule has 0 radical (unpaired) electrons. The van der Waals surface area contributed by atoms with Gasteiger partial charge < -0.3 is 5.73 Å². The first-order chi connectivity index (χ1) is 8.09. The summed E-state index contributed by atoms with van der Waals surface area (Å²) in [6, 6.07) is 13.3. The summed E-state index contributed by atoms with van der Waals surface area (Å²) in [5.41, 5.74) is 6.59. The molecule has 2 nitrogen and oxygen atoms in total. The molecular weight excluding hydrogens is 210 g/mol. The minimum atomic E-state index is -0.420. The molecule has 2 heteroatoms. The van der Waals surface area contributed by atoms with Gasteiger partial charge >= 0.3 is 0 Å². The van der Waals surface area contributed by atoms with E-state index >= 15 is 0 Å². The third kappa shape index (κ3) is 2.37. The Bertz CT molecular complexity index is 545. The fourth-order valence-electron chi connectivity index (χ4n) is 1.84. The van der Waals surface area contributed by atoms with E-state index in [-0.39, 0.29) is 11.7 Å². The van der Waals surface area contributed by atoms with Crippen LogP contribution < -0.4 is 5.73 Å². The number of hydrogen-bond donors (Lipinski definition) is 1. The predicted octanol–water partition coefficient (Wildman–Crippen LogP) is 3.01. The molecule has 0 heterocycles. The number of nitrogens with two attached hydrogens (primary N) is 1. The van der Waals surface area contributed by atoms with Crippen molar-refractivity contribution in [2.45, 2.75) is 19.9 Å². The molecule has 2 rings (SSSR count). The number of ketones is 1. The van der Waals surface area contributed by atoms with Crippen LogP contribution in [0.5, 0.6) is 0 Å². The van der Waals surface area contributed by atoms with Crippen LogP contribution in [0.15, 0.2) is 42.5 Å². The normalized spacial score (nSPS) is 12.9. The van der Waals surface area contributed by atoms with Gasteiger partial charge in [0.2, 0.25) is 0 Å². The quantitative estimate of drug-likeness (QED) is 0.819. The third-order valence-corrected chi connectivity index (χ3v) is 3.05. The van der Waals surface area contributed by atoms with Crippen molar-refractivity contribution >= 4 is 16.6 Å². The fourth-order valence-corrected chi connectivity index (χ4v) is 1.84. The molecule has 2 N–H and O–H groups in total. The number of carbonyl (C=O) groups is 1. The van der Waals surface area contributed by atoms with Gasteiger partial charge in [-0.2, -0.15) is 0 Å². The third-order valence-electron chi connectivity index (χ3n) is 3.05. The highest BCUT2D eigenvalue weighted by atomic mass is 16.1. The standard InChI is InChI=1S/C15H17NO/c1-10(2)14(16)15(17)13-8-7-11-5-3-4-6-12(11)9-13/h3-10,14H,16H2,1-2H3. The molecule has 0 amide bonds. The van der Waals surface area contributed by atoms with E-state index in [9.17, 15) is 4.79 Å². The van der Waals surface area contributed by atoms with Crippen LogP contribution >= 0.6 is 0 Å². The van der Waals surface area contributed by atoms with Crippen molar-refractivity contribution in [3.63, 3.8) is 0 Å². The second-order valence-electron chi connectivity index (χ2n) is 4.70. The molecule has 1 unspecified atom stereocenters. The summed E-state index contributed by atoms with van der Waals surface area (Å²) in [7, 11) is 0. The van der Waals surface area contributed by atoms with Gasteiger partial charge in [0.1, 0.15) is 0 Å². The highest BCUT2D eigenvalue weighted by molar-refractivity contribution is 6.03. The van der Waals surface area contributed by atoms with Gasteiger partial charge in [-0.25, -0.2) is 0 Å².